The number of likely N-dealkylation sites (tertiary alicyclic amines) is 1. The highest BCUT2D eigenvalue weighted by Gasteiger charge is 2.27. The van der Waals surface area contributed by atoms with E-state index in [0.717, 1.165) is 13.0 Å². The Morgan fingerprint density at radius 3 is 2.29 bits per heavy atom. The summed E-state index contributed by atoms with van der Waals surface area (Å²) in [5.74, 6) is 2.36. The molecule has 2 rings (SSSR count). The molecule has 1 aromatic carbocycles. The summed E-state index contributed by atoms with van der Waals surface area (Å²) in [5, 5.41) is 0. The van der Waals surface area contributed by atoms with Gasteiger partial charge in [-0.1, -0.05) is 0 Å². The van der Waals surface area contributed by atoms with Crippen LogP contribution < -0.4 is 14.2 Å². The summed E-state index contributed by atoms with van der Waals surface area (Å²) in [6, 6.07) is 3.36. The van der Waals surface area contributed by atoms with Crippen LogP contribution >= 0.6 is 11.6 Å². The van der Waals surface area contributed by atoms with Gasteiger partial charge in [0.15, 0.2) is 11.5 Å². The fourth-order valence-corrected chi connectivity index (χ4v) is 2.78. The molecule has 0 radical (unpaired) electrons. The smallest absolute Gasteiger partial charge is 0.254 e. The van der Waals surface area contributed by atoms with Crippen molar-refractivity contribution in [1.29, 1.82) is 0 Å². The maximum Gasteiger partial charge on any atom is 0.254 e. The van der Waals surface area contributed by atoms with Gasteiger partial charge in [0.25, 0.3) is 5.91 Å². The summed E-state index contributed by atoms with van der Waals surface area (Å²) >= 11 is 5.86. The molecule has 1 fully saturated rings. The van der Waals surface area contributed by atoms with Crippen LogP contribution in [0.5, 0.6) is 17.2 Å². The third-order valence-electron chi connectivity index (χ3n) is 3.70. The zero-order valence-electron chi connectivity index (χ0n) is 12.5. The molecule has 0 spiro atoms. The number of rotatable bonds is 5. The Hall–Kier alpha value is -1.62. The van der Waals surface area contributed by atoms with E-state index in [2.05, 4.69) is 0 Å². The molecule has 0 bridgehead atoms. The van der Waals surface area contributed by atoms with Crippen molar-refractivity contribution in [3.8, 4) is 17.2 Å². The van der Waals surface area contributed by atoms with Crippen molar-refractivity contribution in [2.45, 2.75) is 6.42 Å². The number of hydrogen-bond donors (Lipinski definition) is 0. The van der Waals surface area contributed by atoms with E-state index in [0.29, 0.717) is 41.2 Å². The van der Waals surface area contributed by atoms with Crippen molar-refractivity contribution in [2.24, 2.45) is 5.92 Å². The van der Waals surface area contributed by atoms with E-state index in [-0.39, 0.29) is 5.91 Å². The Balaban J connectivity index is 2.29. The van der Waals surface area contributed by atoms with Gasteiger partial charge in [-0.05, 0) is 24.5 Å². The van der Waals surface area contributed by atoms with Crippen LogP contribution in [0.25, 0.3) is 0 Å². The van der Waals surface area contributed by atoms with Crippen molar-refractivity contribution >= 4 is 17.5 Å². The molecule has 21 heavy (non-hydrogen) atoms. The van der Waals surface area contributed by atoms with Crippen molar-refractivity contribution in [2.75, 3.05) is 40.3 Å². The van der Waals surface area contributed by atoms with Crippen LogP contribution in [0.15, 0.2) is 12.1 Å². The van der Waals surface area contributed by atoms with E-state index in [4.69, 9.17) is 25.8 Å². The number of alkyl halides is 1. The lowest BCUT2D eigenvalue weighted by Gasteiger charge is -2.18. The number of benzene rings is 1. The van der Waals surface area contributed by atoms with E-state index in [1.165, 1.54) is 21.3 Å². The molecular formula is C15H20ClNO4. The Kier molecular flexibility index (Phi) is 5.17. The van der Waals surface area contributed by atoms with Gasteiger partial charge in [0, 0.05) is 24.5 Å². The van der Waals surface area contributed by atoms with Crippen LogP contribution in [0.1, 0.15) is 16.8 Å². The van der Waals surface area contributed by atoms with Crippen LogP contribution in [0.2, 0.25) is 0 Å². The van der Waals surface area contributed by atoms with Gasteiger partial charge >= 0.3 is 0 Å². The van der Waals surface area contributed by atoms with E-state index >= 15 is 0 Å². The number of ether oxygens (including phenoxy) is 3. The molecular weight excluding hydrogens is 294 g/mol. The molecule has 1 unspecified atom stereocenters. The number of nitrogens with zero attached hydrogens (tertiary/aromatic N) is 1. The highest BCUT2D eigenvalue weighted by Crippen LogP contribution is 2.38. The average Bonchev–Trinajstić information content (AvgIpc) is 3.01. The quantitative estimate of drug-likeness (QED) is 0.783. The first-order chi connectivity index (χ1) is 10.1. The molecule has 1 atom stereocenters. The third kappa shape index (κ3) is 3.18. The first-order valence-electron chi connectivity index (χ1n) is 6.79. The Bertz CT molecular complexity index is 495. The maximum atomic E-state index is 12.6. The highest BCUT2D eigenvalue weighted by atomic mass is 35.5. The molecule has 6 heteroatoms. The Morgan fingerprint density at radius 2 is 1.86 bits per heavy atom. The molecule has 0 aromatic heterocycles. The minimum absolute atomic E-state index is 0.0399. The van der Waals surface area contributed by atoms with Crippen LogP contribution in [0.4, 0.5) is 0 Å². The second-order valence-corrected chi connectivity index (χ2v) is 5.28. The van der Waals surface area contributed by atoms with Gasteiger partial charge in [-0.3, -0.25) is 4.79 Å². The number of halogens is 1. The molecule has 1 aromatic rings. The maximum absolute atomic E-state index is 12.6. The van der Waals surface area contributed by atoms with E-state index < -0.39 is 0 Å². The first kappa shape index (κ1) is 15.8. The van der Waals surface area contributed by atoms with E-state index in [1.54, 1.807) is 12.1 Å². The van der Waals surface area contributed by atoms with Gasteiger partial charge in [0.1, 0.15) is 0 Å². The largest absolute Gasteiger partial charge is 0.493 e. The molecule has 5 nitrogen and oxygen atoms in total. The molecule has 1 aliphatic heterocycles. The minimum Gasteiger partial charge on any atom is -0.493 e. The van der Waals surface area contributed by atoms with Crippen LogP contribution in [-0.4, -0.2) is 51.1 Å². The SMILES string of the molecule is COc1cc(C(=O)N2CCC(CCl)C2)cc(OC)c1OC. The number of carbonyl (C=O) groups excluding carboxylic acids is 1. The molecule has 1 saturated heterocycles. The van der Waals surface area contributed by atoms with Crippen LogP contribution in [0, 0.1) is 5.92 Å². The Labute approximate surface area is 129 Å². The minimum atomic E-state index is -0.0399. The fourth-order valence-electron chi connectivity index (χ4n) is 2.53. The zero-order valence-corrected chi connectivity index (χ0v) is 13.3. The van der Waals surface area contributed by atoms with Crippen molar-refractivity contribution in [3.63, 3.8) is 0 Å². The molecule has 116 valence electrons. The fraction of sp³-hybridized carbons (Fsp3) is 0.533. The lowest BCUT2D eigenvalue weighted by Crippen LogP contribution is -2.29. The van der Waals surface area contributed by atoms with Gasteiger partial charge < -0.3 is 19.1 Å². The number of hydrogen-bond acceptors (Lipinski definition) is 4. The summed E-state index contributed by atoms with van der Waals surface area (Å²) in [6.07, 6.45) is 0.944. The summed E-state index contributed by atoms with van der Waals surface area (Å²) in [6.45, 7) is 1.42. The van der Waals surface area contributed by atoms with Gasteiger partial charge in [0.05, 0.1) is 21.3 Å². The topological polar surface area (TPSA) is 48.0 Å². The third-order valence-corrected chi connectivity index (χ3v) is 4.14. The molecule has 0 aliphatic carbocycles. The second kappa shape index (κ2) is 6.89. The predicted octanol–water partition coefficient (Wildman–Crippen LogP) is 2.41. The predicted molar refractivity (Wildman–Crippen MR) is 80.8 cm³/mol. The lowest BCUT2D eigenvalue weighted by atomic mass is 10.1. The zero-order chi connectivity index (χ0) is 15.4. The normalized spacial score (nSPS) is 17.7. The average molecular weight is 314 g/mol. The van der Waals surface area contributed by atoms with Crippen LogP contribution in [0.3, 0.4) is 0 Å². The molecule has 1 amide bonds. The van der Waals surface area contributed by atoms with Gasteiger partial charge in [-0.2, -0.15) is 0 Å². The van der Waals surface area contributed by atoms with Crippen molar-refractivity contribution in [3.05, 3.63) is 17.7 Å². The standard InChI is InChI=1S/C15H20ClNO4/c1-19-12-6-11(7-13(20-2)14(12)21-3)15(18)17-5-4-10(8-16)9-17/h6-7,10H,4-5,8-9H2,1-3H3. The van der Waals surface area contributed by atoms with Crippen molar-refractivity contribution in [1.82, 2.24) is 4.90 Å². The van der Waals surface area contributed by atoms with Gasteiger partial charge in [0.2, 0.25) is 5.75 Å². The van der Waals surface area contributed by atoms with E-state index in [9.17, 15) is 4.79 Å². The second-order valence-electron chi connectivity index (χ2n) is 4.97. The first-order valence-corrected chi connectivity index (χ1v) is 7.33. The lowest BCUT2D eigenvalue weighted by molar-refractivity contribution is 0.0787. The van der Waals surface area contributed by atoms with Crippen LogP contribution in [-0.2, 0) is 0 Å². The highest BCUT2D eigenvalue weighted by molar-refractivity contribution is 6.18. The molecule has 0 N–H and O–H groups in total. The number of methoxy groups -OCH3 is 3. The van der Waals surface area contributed by atoms with E-state index in [1.807, 2.05) is 4.90 Å². The molecule has 0 saturated carbocycles. The van der Waals surface area contributed by atoms with Gasteiger partial charge in [-0.25, -0.2) is 0 Å². The summed E-state index contributed by atoms with van der Waals surface area (Å²) in [4.78, 5) is 14.4. The van der Waals surface area contributed by atoms with Crippen molar-refractivity contribution < 1.29 is 19.0 Å². The summed E-state index contributed by atoms with van der Waals surface area (Å²) in [7, 11) is 4.60. The number of carbonyl (C=O) groups is 1. The van der Waals surface area contributed by atoms with Gasteiger partial charge in [-0.15, -0.1) is 11.6 Å². The molecule has 1 heterocycles. The summed E-state index contributed by atoms with van der Waals surface area (Å²) < 4.78 is 15.8. The molecule has 1 aliphatic rings. The summed E-state index contributed by atoms with van der Waals surface area (Å²) in [5.41, 5.74) is 0.528. The Morgan fingerprint density at radius 1 is 1.24 bits per heavy atom. The number of amides is 1. The monoisotopic (exact) mass is 313 g/mol.